The number of nitrogen functional groups attached to an aromatic ring is 1. The summed E-state index contributed by atoms with van der Waals surface area (Å²) >= 11 is 6.11. The Hall–Kier alpha value is -2.06. The van der Waals surface area contributed by atoms with Crippen molar-refractivity contribution < 1.29 is 17.9 Å². The van der Waals surface area contributed by atoms with Crippen LogP contribution in [0.25, 0.3) is 0 Å². The van der Waals surface area contributed by atoms with E-state index in [2.05, 4.69) is 9.97 Å². The van der Waals surface area contributed by atoms with E-state index in [1.54, 1.807) is 11.0 Å². The van der Waals surface area contributed by atoms with Gasteiger partial charge in [0.1, 0.15) is 23.3 Å². The van der Waals surface area contributed by atoms with Crippen molar-refractivity contribution in [3.8, 4) is 0 Å². The maximum Gasteiger partial charge on any atom is 0.416 e. The molecule has 0 aliphatic carbocycles. The van der Waals surface area contributed by atoms with Gasteiger partial charge in [-0.3, -0.25) is 0 Å². The summed E-state index contributed by atoms with van der Waals surface area (Å²) < 4.78 is 45.2. The van der Waals surface area contributed by atoms with Crippen molar-refractivity contribution in [2.24, 2.45) is 0 Å². The zero-order chi connectivity index (χ0) is 17.3. The number of hydrogen-bond acceptors (Lipinski definition) is 5. The van der Waals surface area contributed by atoms with Crippen molar-refractivity contribution in [1.82, 2.24) is 9.97 Å². The van der Waals surface area contributed by atoms with Gasteiger partial charge in [-0.25, -0.2) is 9.97 Å². The highest BCUT2D eigenvalue weighted by Gasteiger charge is 2.36. The van der Waals surface area contributed by atoms with Gasteiger partial charge in [0, 0.05) is 13.1 Å². The number of anilines is 2. The quantitative estimate of drug-likeness (QED) is 0.892. The Morgan fingerprint density at radius 2 is 2.00 bits per heavy atom. The van der Waals surface area contributed by atoms with E-state index in [1.165, 1.54) is 18.5 Å². The molecule has 1 aromatic carbocycles. The molecule has 0 spiro atoms. The predicted octanol–water partition coefficient (Wildman–Crippen LogP) is 3.31. The molecule has 1 fully saturated rings. The second-order valence-electron chi connectivity index (χ2n) is 5.29. The van der Waals surface area contributed by atoms with Gasteiger partial charge in [-0.15, -0.1) is 0 Å². The van der Waals surface area contributed by atoms with Gasteiger partial charge in [-0.2, -0.15) is 13.2 Å². The monoisotopic (exact) mass is 358 g/mol. The molecule has 0 saturated carbocycles. The first kappa shape index (κ1) is 16.8. The third-order valence-corrected chi connectivity index (χ3v) is 4.14. The average molecular weight is 359 g/mol. The van der Waals surface area contributed by atoms with Gasteiger partial charge >= 0.3 is 6.18 Å². The summed E-state index contributed by atoms with van der Waals surface area (Å²) in [7, 11) is 0. The van der Waals surface area contributed by atoms with E-state index < -0.39 is 17.8 Å². The highest BCUT2D eigenvalue weighted by atomic mass is 35.5. The molecule has 5 nitrogen and oxygen atoms in total. The molecule has 2 aromatic rings. The number of alkyl halides is 3. The van der Waals surface area contributed by atoms with Crippen LogP contribution in [0.3, 0.4) is 0 Å². The molecule has 2 N–H and O–H groups in total. The molecule has 0 amide bonds. The normalized spacial score (nSPS) is 18.7. The first-order chi connectivity index (χ1) is 11.4. The fraction of sp³-hybridized carbons (Fsp3) is 0.333. The Morgan fingerprint density at radius 3 is 2.75 bits per heavy atom. The number of nitrogens with two attached hydrogens (primary N) is 1. The van der Waals surface area contributed by atoms with Crippen LogP contribution in [-0.2, 0) is 10.9 Å². The minimum Gasteiger partial charge on any atom is -0.382 e. The van der Waals surface area contributed by atoms with E-state index in [1.807, 2.05) is 0 Å². The van der Waals surface area contributed by atoms with Crippen molar-refractivity contribution in [3.63, 3.8) is 0 Å². The summed E-state index contributed by atoms with van der Waals surface area (Å²) in [5.74, 6) is 0.516. The number of morpholine rings is 1. The molecule has 128 valence electrons. The SMILES string of the molecule is Nc1ncnc(N2CCOC(c3ccccc3C(F)(F)F)C2)c1Cl. The van der Waals surface area contributed by atoms with Gasteiger partial charge in [0.15, 0.2) is 5.82 Å². The van der Waals surface area contributed by atoms with Crippen molar-refractivity contribution in [2.75, 3.05) is 30.3 Å². The topological polar surface area (TPSA) is 64.3 Å². The molecular formula is C15H14ClF3N4O. The Bertz CT molecular complexity index is 741. The number of benzene rings is 1. The van der Waals surface area contributed by atoms with Gasteiger partial charge in [0.25, 0.3) is 0 Å². The van der Waals surface area contributed by atoms with Crippen molar-refractivity contribution in [1.29, 1.82) is 0 Å². The van der Waals surface area contributed by atoms with Gasteiger partial charge < -0.3 is 15.4 Å². The number of aromatic nitrogens is 2. The highest BCUT2D eigenvalue weighted by molar-refractivity contribution is 6.35. The van der Waals surface area contributed by atoms with Crippen LogP contribution in [0.15, 0.2) is 30.6 Å². The molecule has 1 aromatic heterocycles. The molecule has 1 atom stereocenters. The number of halogens is 4. The van der Waals surface area contributed by atoms with Crippen molar-refractivity contribution >= 4 is 23.2 Å². The Morgan fingerprint density at radius 1 is 1.25 bits per heavy atom. The van der Waals surface area contributed by atoms with E-state index in [0.717, 1.165) is 6.07 Å². The van der Waals surface area contributed by atoms with E-state index in [0.29, 0.717) is 12.4 Å². The van der Waals surface area contributed by atoms with Crippen molar-refractivity contribution in [3.05, 3.63) is 46.7 Å². The lowest BCUT2D eigenvalue weighted by molar-refractivity contribution is -0.139. The smallest absolute Gasteiger partial charge is 0.382 e. The molecule has 1 unspecified atom stereocenters. The number of nitrogens with zero attached hydrogens (tertiary/aromatic N) is 3. The average Bonchev–Trinajstić information content (AvgIpc) is 2.57. The molecule has 3 rings (SSSR count). The van der Waals surface area contributed by atoms with Gasteiger partial charge in [0.05, 0.1) is 12.2 Å². The number of rotatable bonds is 2. The summed E-state index contributed by atoms with van der Waals surface area (Å²) in [6.45, 7) is 0.876. The van der Waals surface area contributed by atoms with Crippen LogP contribution in [0.5, 0.6) is 0 Å². The summed E-state index contributed by atoms with van der Waals surface area (Å²) in [6, 6.07) is 5.39. The molecule has 9 heteroatoms. The summed E-state index contributed by atoms with van der Waals surface area (Å²) in [5, 5.41) is 0.183. The van der Waals surface area contributed by atoms with E-state index in [-0.39, 0.29) is 29.6 Å². The Labute approximate surface area is 141 Å². The first-order valence-electron chi connectivity index (χ1n) is 7.16. The number of hydrogen-bond donors (Lipinski definition) is 1. The zero-order valence-corrected chi connectivity index (χ0v) is 13.2. The third-order valence-electron chi connectivity index (χ3n) is 3.78. The summed E-state index contributed by atoms with van der Waals surface area (Å²) in [4.78, 5) is 9.62. The fourth-order valence-corrected chi connectivity index (χ4v) is 2.88. The standard InChI is InChI=1S/C15H14ClF3N4O/c16-12-13(20)21-8-22-14(12)23-5-6-24-11(7-23)9-3-1-2-4-10(9)15(17,18)19/h1-4,8,11H,5-7H2,(H2,20,21,22). The molecular weight excluding hydrogens is 345 g/mol. The maximum absolute atomic E-state index is 13.2. The molecule has 0 bridgehead atoms. The van der Waals surface area contributed by atoms with Crippen LogP contribution in [0.2, 0.25) is 5.02 Å². The van der Waals surface area contributed by atoms with Crippen LogP contribution in [-0.4, -0.2) is 29.7 Å². The van der Waals surface area contributed by atoms with Crippen LogP contribution in [0.4, 0.5) is 24.8 Å². The van der Waals surface area contributed by atoms with Crippen LogP contribution >= 0.6 is 11.6 Å². The van der Waals surface area contributed by atoms with Gasteiger partial charge in [0.2, 0.25) is 0 Å². The molecule has 1 aliphatic rings. The lowest BCUT2D eigenvalue weighted by atomic mass is 10.0. The maximum atomic E-state index is 13.2. The zero-order valence-electron chi connectivity index (χ0n) is 12.4. The Balaban J connectivity index is 1.91. The third kappa shape index (κ3) is 3.25. The lowest BCUT2D eigenvalue weighted by Gasteiger charge is -2.35. The van der Waals surface area contributed by atoms with Crippen LogP contribution in [0.1, 0.15) is 17.2 Å². The molecule has 1 aliphatic heterocycles. The minimum absolute atomic E-state index is 0.0906. The summed E-state index contributed by atoms with van der Waals surface area (Å²) in [6.07, 6.45) is -3.92. The van der Waals surface area contributed by atoms with Crippen LogP contribution < -0.4 is 10.6 Å². The molecule has 1 saturated heterocycles. The Kier molecular flexibility index (Phi) is 4.51. The van der Waals surface area contributed by atoms with E-state index in [4.69, 9.17) is 22.1 Å². The highest BCUT2D eigenvalue weighted by Crippen LogP contribution is 2.38. The van der Waals surface area contributed by atoms with Gasteiger partial charge in [-0.05, 0) is 11.6 Å². The fourth-order valence-electron chi connectivity index (χ4n) is 2.66. The summed E-state index contributed by atoms with van der Waals surface area (Å²) in [5.41, 5.74) is 5.05. The largest absolute Gasteiger partial charge is 0.416 e. The van der Waals surface area contributed by atoms with Gasteiger partial charge in [-0.1, -0.05) is 29.8 Å². The van der Waals surface area contributed by atoms with E-state index >= 15 is 0 Å². The molecule has 2 heterocycles. The number of ether oxygens (including phenoxy) is 1. The molecule has 24 heavy (non-hydrogen) atoms. The first-order valence-corrected chi connectivity index (χ1v) is 7.54. The lowest BCUT2D eigenvalue weighted by Crippen LogP contribution is -2.39. The molecule has 0 radical (unpaired) electrons. The second kappa shape index (κ2) is 6.45. The van der Waals surface area contributed by atoms with Crippen molar-refractivity contribution in [2.45, 2.75) is 12.3 Å². The second-order valence-corrected chi connectivity index (χ2v) is 5.66. The van der Waals surface area contributed by atoms with Crippen LogP contribution in [0, 0.1) is 0 Å². The predicted molar refractivity (Wildman–Crippen MR) is 83.8 cm³/mol. The van der Waals surface area contributed by atoms with E-state index in [9.17, 15) is 13.2 Å². The minimum atomic E-state index is -4.45.